The van der Waals surface area contributed by atoms with Gasteiger partial charge in [0.1, 0.15) is 21.0 Å². The van der Waals surface area contributed by atoms with Crippen LogP contribution in [0.5, 0.6) is 11.5 Å². The summed E-state index contributed by atoms with van der Waals surface area (Å²) < 4.78 is 17.4. The van der Waals surface area contributed by atoms with Gasteiger partial charge in [-0.1, -0.05) is 59.6 Å². The third kappa shape index (κ3) is 9.03. The van der Waals surface area contributed by atoms with Crippen molar-refractivity contribution in [3.05, 3.63) is 114 Å². The van der Waals surface area contributed by atoms with Gasteiger partial charge >= 0.3 is 11.9 Å². The number of benzene rings is 2. The fourth-order valence-corrected chi connectivity index (χ4v) is 7.68. The number of hydrogen-bond acceptors (Lipinski definition) is 9. The number of pyridine rings is 1. The molecule has 10 nitrogen and oxygen atoms in total. The Kier molecular flexibility index (Phi) is 12.4. The summed E-state index contributed by atoms with van der Waals surface area (Å²) in [6.07, 6.45) is 4.56. The van der Waals surface area contributed by atoms with Gasteiger partial charge in [0.25, 0.3) is 0 Å². The highest BCUT2D eigenvalue weighted by atomic mass is 35.5. The number of hydrogen-bond donors (Lipinski definition) is 2. The molecule has 2 aromatic carbocycles. The summed E-state index contributed by atoms with van der Waals surface area (Å²) in [5.41, 5.74) is 2.49. The molecule has 4 aromatic rings. The number of likely N-dealkylation sites (tertiary alicyclic amines) is 1. The predicted octanol–water partition coefficient (Wildman–Crippen LogP) is 6.49. The topological polar surface area (TPSA) is 124 Å². The molecule has 0 bridgehead atoms. The lowest BCUT2D eigenvalue weighted by atomic mass is 9.85. The monoisotopic (exact) mass is 727 g/mol. The number of carbonyl (C=O) groups is 2. The molecular formula is C36H39Cl2N3O7S. The van der Waals surface area contributed by atoms with Crippen molar-refractivity contribution < 1.29 is 33.6 Å². The van der Waals surface area contributed by atoms with Crippen molar-refractivity contribution in [3.63, 3.8) is 0 Å². The summed E-state index contributed by atoms with van der Waals surface area (Å²) in [4.78, 5) is 29.3. The lowest BCUT2D eigenvalue weighted by Gasteiger charge is -2.29. The minimum absolute atomic E-state index is 0.125. The van der Waals surface area contributed by atoms with Crippen molar-refractivity contribution in [2.75, 3.05) is 41.0 Å². The zero-order valence-electron chi connectivity index (χ0n) is 27.5. The average molecular weight is 729 g/mol. The first-order chi connectivity index (χ1) is 23.6. The molecule has 13 heteroatoms. The lowest BCUT2D eigenvalue weighted by molar-refractivity contribution is -0.605. The molecule has 0 aliphatic carbocycles. The SMILES string of the molecule is COc1ccc([C@H](Cc2c(Cl)c[n+]([O-])cc2Cl)c2cc(CNC(C(=O)OCC3CCN(C)CC3)c3ccccc3)sc2C(=O)O)cc1OC. The van der Waals surface area contributed by atoms with Crippen LogP contribution in [-0.2, 0) is 22.5 Å². The van der Waals surface area contributed by atoms with Crippen LogP contribution in [0.4, 0.5) is 0 Å². The highest BCUT2D eigenvalue weighted by molar-refractivity contribution is 7.14. The maximum Gasteiger partial charge on any atom is 0.346 e. The van der Waals surface area contributed by atoms with Crippen LogP contribution in [0.1, 0.15) is 61.6 Å². The summed E-state index contributed by atoms with van der Waals surface area (Å²) in [5.74, 6) is -0.752. The first-order valence-corrected chi connectivity index (χ1v) is 17.4. The summed E-state index contributed by atoms with van der Waals surface area (Å²) in [6.45, 7) is 2.51. The molecule has 0 amide bonds. The van der Waals surface area contributed by atoms with Crippen molar-refractivity contribution in [2.24, 2.45) is 5.92 Å². The lowest BCUT2D eigenvalue weighted by Crippen LogP contribution is -2.34. The average Bonchev–Trinajstić information content (AvgIpc) is 3.52. The van der Waals surface area contributed by atoms with Crippen molar-refractivity contribution >= 4 is 46.5 Å². The molecule has 5 rings (SSSR count). The Labute approximate surface area is 299 Å². The van der Waals surface area contributed by atoms with Crippen molar-refractivity contribution in [2.45, 2.75) is 37.8 Å². The third-order valence-corrected chi connectivity index (χ3v) is 10.6. The number of halogens is 2. The molecule has 1 aliphatic heterocycles. The van der Waals surface area contributed by atoms with Crippen molar-refractivity contribution in [1.29, 1.82) is 0 Å². The van der Waals surface area contributed by atoms with E-state index in [-0.39, 0.29) is 33.9 Å². The van der Waals surface area contributed by atoms with Crippen LogP contribution < -0.4 is 19.5 Å². The van der Waals surface area contributed by atoms with Gasteiger partial charge in [-0.15, -0.1) is 11.3 Å². The van der Waals surface area contributed by atoms with Gasteiger partial charge in [-0.3, -0.25) is 5.32 Å². The van der Waals surface area contributed by atoms with Gasteiger partial charge in [0, 0.05) is 22.9 Å². The van der Waals surface area contributed by atoms with Gasteiger partial charge in [0.05, 0.1) is 20.8 Å². The van der Waals surface area contributed by atoms with Gasteiger partial charge < -0.3 is 29.4 Å². The van der Waals surface area contributed by atoms with E-state index < -0.39 is 17.9 Å². The van der Waals surface area contributed by atoms with Gasteiger partial charge in [-0.05, 0) is 80.2 Å². The number of aromatic nitrogens is 1. The first-order valence-electron chi connectivity index (χ1n) is 15.9. The summed E-state index contributed by atoms with van der Waals surface area (Å²) in [5, 5.41) is 26.0. The molecule has 260 valence electrons. The number of thiophene rings is 1. The quantitative estimate of drug-likeness (QED) is 0.0852. The molecule has 3 heterocycles. The van der Waals surface area contributed by atoms with Crippen LogP contribution in [-0.4, -0.2) is 62.9 Å². The van der Waals surface area contributed by atoms with Crippen LogP contribution in [0.15, 0.2) is 67.0 Å². The molecule has 2 N–H and O–H groups in total. The van der Waals surface area contributed by atoms with Crippen LogP contribution in [0, 0.1) is 11.1 Å². The number of carbonyl (C=O) groups excluding carboxylic acids is 1. The minimum Gasteiger partial charge on any atom is -0.619 e. The molecule has 1 saturated heterocycles. The van der Waals surface area contributed by atoms with E-state index in [9.17, 15) is 19.9 Å². The zero-order valence-corrected chi connectivity index (χ0v) is 29.8. The molecule has 2 aromatic heterocycles. The molecule has 0 radical (unpaired) electrons. The standard InChI is InChI=1S/C36H39Cl2N3O7S/c1-40-13-11-22(12-14-40)21-48-36(44)33(23-7-5-4-6-8-23)39-18-25-16-27(34(49-25)35(42)43)26(17-28-29(37)19-41(45)20-30(28)38)24-9-10-31(46-2)32(15-24)47-3/h4-10,15-16,19-20,22,26,33,39H,11-14,17-18,21H2,1-3H3,(H,42,43)/t26-,33?/m0/s1. The Morgan fingerprint density at radius 3 is 2.33 bits per heavy atom. The number of carboxylic acid groups (broad SMARTS) is 1. The van der Waals surface area contributed by atoms with Gasteiger partial charge in [-0.2, -0.15) is 4.73 Å². The number of nitrogens with zero attached hydrogens (tertiary/aromatic N) is 2. The number of esters is 1. The van der Waals surface area contributed by atoms with E-state index in [0.717, 1.165) is 48.4 Å². The number of rotatable bonds is 14. The molecule has 0 spiro atoms. The Bertz CT molecular complexity index is 1740. The third-order valence-electron chi connectivity index (χ3n) is 8.81. The highest BCUT2D eigenvalue weighted by Gasteiger charge is 2.29. The summed E-state index contributed by atoms with van der Waals surface area (Å²) >= 11 is 14.1. The first kappa shape index (κ1) is 36.4. The van der Waals surface area contributed by atoms with E-state index in [1.165, 1.54) is 26.6 Å². The van der Waals surface area contributed by atoms with Crippen molar-refractivity contribution in [1.82, 2.24) is 10.2 Å². The Morgan fingerprint density at radius 1 is 1.02 bits per heavy atom. The largest absolute Gasteiger partial charge is 0.619 e. The smallest absolute Gasteiger partial charge is 0.346 e. The molecule has 1 aliphatic rings. The maximum absolute atomic E-state index is 13.5. The Morgan fingerprint density at radius 2 is 1.69 bits per heavy atom. The molecule has 1 unspecified atom stereocenters. The van der Waals surface area contributed by atoms with E-state index in [0.29, 0.717) is 44.8 Å². The second-order valence-corrected chi connectivity index (χ2v) is 14.0. The minimum atomic E-state index is -1.10. The number of methoxy groups -OCH3 is 2. The van der Waals surface area contributed by atoms with E-state index >= 15 is 0 Å². The predicted molar refractivity (Wildman–Crippen MR) is 189 cm³/mol. The van der Waals surface area contributed by atoms with Crippen molar-refractivity contribution in [3.8, 4) is 11.5 Å². The Hall–Kier alpha value is -3.87. The number of piperidine rings is 1. The van der Waals surface area contributed by atoms with Crippen LogP contribution in [0.3, 0.4) is 0 Å². The molecule has 0 saturated carbocycles. The second-order valence-electron chi connectivity index (χ2n) is 12.1. The van der Waals surface area contributed by atoms with Crippen LogP contribution in [0.2, 0.25) is 10.0 Å². The summed E-state index contributed by atoms with van der Waals surface area (Å²) in [6, 6.07) is 15.8. The normalized spacial score (nSPS) is 15.0. The number of nitrogens with one attached hydrogen (secondary N) is 1. The highest BCUT2D eigenvalue weighted by Crippen LogP contribution is 2.41. The second kappa shape index (κ2) is 16.7. The Balaban J connectivity index is 1.46. The fourth-order valence-electron chi connectivity index (χ4n) is 6.08. The fraction of sp³-hybridized carbons (Fsp3) is 0.361. The number of ether oxygens (including phenoxy) is 3. The molecule has 49 heavy (non-hydrogen) atoms. The van der Waals surface area contributed by atoms with E-state index in [2.05, 4.69) is 17.3 Å². The zero-order chi connectivity index (χ0) is 35.1. The summed E-state index contributed by atoms with van der Waals surface area (Å²) in [7, 11) is 5.14. The number of aromatic carboxylic acids is 1. The molecular weight excluding hydrogens is 689 g/mol. The molecule has 2 atom stereocenters. The van der Waals surface area contributed by atoms with Crippen LogP contribution in [0.25, 0.3) is 0 Å². The van der Waals surface area contributed by atoms with Gasteiger partial charge in [0.2, 0.25) is 0 Å². The van der Waals surface area contributed by atoms with E-state index in [1.54, 1.807) is 12.1 Å². The maximum atomic E-state index is 13.5. The van der Waals surface area contributed by atoms with Gasteiger partial charge in [-0.25, -0.2) is 9.59 Å². The van der Waals surface area contributed by atoms with Crippen LogP contribution >= 0.6 is 34.5 Å². The van der Waals surface area contributed by atoms with Gasteiger partial charge in [0.15, 0.2) is 23.9 Å². The molecule has 1 fully saturated rings. The van der Waals surface area contributed by atoms with E-state index in [4.69, 9.17) is 37.4 Å². The number of carboxylic acids is 1. The van der Waals surface area contributed by atoms with E-state index in [1.807, 2.05) is 42.5 Å².